The van der Waals surface area contributed by atoms with Crippen molar-refractivity contribution in [2.45, 2.75) is 44.4 Å². The zero-order chi connectivity index (χ0) is 17.1. The van der Waals surface area contributed by atoms with Gasteiger partial charge in [-0.15, -0.1) is 11.6 Å². The molecule has 1 heterocycles. The topological polar surface area (TPSA) is 50.4 Å². The average Bonchev–Trinajstić information content (AvgIpc) is 3.41. The van der Waals surface area contributed by atoms with Gasteiger partial charge in [0.05, 0.1) is 5.56 Å². The number of aromatic hydroxyl groups is 1. The molecule has 3 nitrogen and oxygen atoms in total. The third-order valence-corrected chi connectivity index (χ3v) is 5.12. The second kappa shape index (κ2) is 7.43. The quantitative estimate of drug-likeness (QED) is 0.717. The molecule has 0 saturated heterocycles. The SMILES string of the molecule is CCC(CCCl)c1cc(O)c(C(c2ccccc2)C2CC2)c(=O)o1. The molecular formula is C20H23ClO3. The maximum Gasteiger partial charge on any atom is 0.343 e. The van der Waals surface area contributed by atoms with Crippen molar-refractivity contribution in [2.24, 2.45) is 5.92 Å². The van der Waals surface area contributed by atoms with Gasteiger partial charge in [-0.3, -0.25) is 0 Å². The van der Waals surface area contributed by atoms with Crippen molar-refractivity contribution < 1.29 is 9.52 Å². The zero-order valence-electron chi connectivity index (χ0n) is 13.9. The van der Waals surface area contributed by atoms with Crippen LogP contribution in [0, 0.1) is 5.92 Å². The largest absolute Gasteiger partial charge is 0.507 e. The van der Waals surface area contributed by atoms with Crippen LogP contribution in [0.1, 0.15) is 61.3 Å². The van der Waals surface area contributed by atoms with E-state index in [0.717, 1.165) is 31.2 Å². The first kappa shape index (κ1) is 17.1. The highest BCUT2D eigenvalue weighted by Crippen LogP contribution is 2.47. The summed E-state index contributed by atoms with van der Waals surface area (Å²) in [6, 6.07) is 11.5. The molecule has 0 spiro atoms. The minimum absolute atomic E-state index is 0.0509. The van der Waals surface area contributed by atoms with Crippen molar-refractivity contribution in [3.8, 4) is 5.75 Å². The van der Waals surface area contributed by atoms with Gasteiger partial charge in [0.15, 0.2) is 0 Å². The molecule has 24 heavy (non-hydrogen) atoms. The molecule has 0 aliphatic heterocycles. The second-order valence-electron chi connectivity index (χ2n) is 6.54. The summed E-state index contributed by atoms with van der Waals surface area (Å²) in [5.41, 5.74) is 1.04. The van der Waals surface area contributed by atoms with E-state index in [-0.39, 0.29) is 17.6 Å². The van der Waals surface area contributed by atoms with Gasteiger partial charge in [-0.1, -0.05) is 37.3 Å². The van der Waals surface area contributed by atoms with E-state index in [0.29, 0.717) is 23.1 Å². The van der Waals surface area contributed by atoms with Gasteiger partial charge < -0.3 is 9.52 Å². The van der Waals surface area contributed by atoms with Crippen LogP contribution in [0.3, 0.4) is 0 Å². The van der Waals surface area contributed by atoms with Gasteiger partial charge in [-0.25, -0.2) is 4.79 Å². The molecule has 0 amide bonds. The lowest BCUT2D eigenvalue weighted by Crippen LogP contribution is -2.17. The summed E-state index contributed by atoms with van der Waals surface area (Å²) in [6.45, 7) is 2.03. The van der Waals surface area contributed by atoms with E-state index in [1.54, 1.807) is 6.07 Å². The van der Waals surface area contributed by atoms with Crippen LogP contribution in [0.25, 0.3) is 0 Å². The molecule has 3 rings (SSSR count). The number of halogens is 1. The minimum atomic E-state index is -0.418. The maximum absolute atomic E-state index is 12.7. The van der Waals surface area contributed by atoms with Crippen molar-refractivity contribution in [1.82, 2.24) is 0 Å². The first-order valence-electron chi connectivity index (χ1n) is 8.63. The minimum Gasteiger partial charge on any atom is -0.507 e. The highest BCUT2D eigenvalue weighted by atomic mass is 35.5. The Bertz CT molecular complexity index is 734. The van der Waals surface area contributed by atoms with Crippen LogP contribution in [0.4, 0.5) is 0 Å². The fourth-order valence-electron chi connectivity index (χ4n) is 3.44. The van der Waals surface area contributed by atoms with Crippen LogP contribution in [-0.4, -0.2) is 11.0 Å². The Morgan fingerprint density at radius 2 is 2.00 bits per heavy atom. The van der Waals surface area contributed by atoms with Crippen molar-refractivity contribution in [2.75, 3.05) is 5.88 Å². The van der Waals surface area contributed by atoms with Crippen LogP contribution in [0.15, 0.2) is 45.6 Å². The van der Waals surface area contributed by atoms with E-state index in [1.807, 2.05) is 37.3 Å². The lowest BCUT2D eigenvalue weighted by atomic mass is 9.87. The summed E-state index contributed by atoms with van der Waals surface area (Å²) in [6.07, 6.45) is 3.69. The maximum atomic E-state index is 12.7. The predicted octanol–water partition coefficient (Wildman–Crippen LogP) is 5.01. The van der Waals surface area contributed by atoms with Gasteiger partial charge in [0.1, 0.15) is 11.5 Å². The van der Waals surface area contributed by atoms with Crippen LogP contribution in [0.2, 0.25) is 0 Å². The fourth-order valence-corrected chi connectivity index (χ4v) is 3.70. The fraction of sp³-hybridized carbons (Fsp3) is 0.450. The lowest BCUT2D eigenvalue weighted by Gasteiger charge is -2.19. The molecule has 1 fully saturated rings. The Kier molecular flexibility index (Phi) is 5.30. The summed E-state index contributed by atoms with van der Waals surface area (Å²) in [5, 5.41) is 10.6. The first-order chi connectivity index (χ1) is 11.7. The number of alkyl halides is 1. The summed E-state index contributed by atoms with van der Waals surface area (Å²) in [4.78, 5) is 12.7. The Balaban J connectivity index is 2.03. The van der Waals surface area contributed by atoms with Crippen molar-refractivity contribution in [3.05, 3.63) is 63.7 Å². The molecule has 2 unspecified atom stereocenters. The summed E-state index contributed by atoms with van der Waals surface area (Å²) < 4.78 is 5.60. The molecule has 1 aliphatic carbocycles. The number of benzene rings is 1. The predicted molar refractivity (Wildman–Crippen MR) is 96.0 cm³/mol. The normalized spacial score (nSPS) is 16.8. The Hall–Kier alpha value is -1.74. The Labute approximate surface area is 147 Å². The molecule has 0 bridgehead atoms. The van der Waals surface area contributed by atoms with Crippen LogP contribution in [-0.2, 0) is 0 Å². The highest BCUT2D eigenvalue weighted by Gasteiger charge is 2.37. The Morgan fingerprint density at radius 3 is 2.54 bits per heavy atom. The van der Waals surface area contributed by atoms with Crippen LogP contribution >= 0.6 is 11.6 Å². The smallest absolute Gasteiger partial charge is 0.343 e. The van der Waals surface area contributed by atoms with Gasteiger partial charge in [0.2, 0.25) is 0 Å². The molecule has 4 heteroatoms. The molecule has 1 saturated carbocycles. The molecule has 1 aliphatic rings. The molecule has 0 radical (unpaired) electrons. The molecular weight excluding hydrogens is 324 g/mol. The zero-order valence-corrected chi connectivity index (χ0v) is 14.6. The number of hydrogen-bond acceptors (Lipinski definition) is 3. The molecule has 2 aromatic rings. The van der Waals surface area contributed by atoms with E-state index in [9.17, 15) is 9.90 Å². The molecule has 128 valence electrons. The molecule has 2 atom stereocenters. The second-order valence-corrected chi connectivity index (χ2v) is 6.92. The average molecular weight is 347 g/mol. The highest BCUT2D eigenvalue weighted by molar-refractivity contribution is 6.17. The van der Waals surface area contributed by atoms with Gasteiger partial charge in [-0.05, 0) is 37.2 Å². The first-order valence-corrected chi connectivity index (χ1v) is 9.17. The van der Waals surface area contributed by atoms with E-state index in [2.05, 4.69) is 0 Å². The van der Waals surface area contributed by atoms with Gasteiger partial charge in [0, 0.05) is 23.8 Å². The lowest BCUT2D eigenvalue weighted by molar-refractivity contribution is 0.378. The Morgan fingerprint density at radius 1 is 1.29 bits per heavy atom. The third-order valence-electron chi connectivity index (χ3n) is 4.90. The van der Waals surface area contributed by atoms with E-state index in [4.69, 9.17) is 16.0 Å². The number of rotatable bonds is 7. The van der Waals surface area contributed by atoms with E-state index < -0.39 is 5.63 Å². The van der Waals surface area contributed by atoms with Gasteiger partial charge >= 0.3 is 5.63 Å². The summed E-state index contributed by atoms with van der Waals surface area (Å²) >= 11 is 5.83. The van der Waals surface area contributed by atoms with Crippen LogP contribution < -0.4 is 5.63 Å². The van der Waals surface area contributed by atoms with Gasteiger partial charge in [-0.2, -0.15) is 0 Å². The van der Waals surface area contributed by atoms with Crippen LogP contribution in [0.5, 0.6) is 5.75 Å². The molecule has 1 N–H and O–H groups in total. The van der Waals surface area contributed by atoms with Crippen molar-refractivity contribution >= 4 is 11.6 Å². The molecule has 1 aromatic heterocycles. The third kappa shape index (κ3) is 3.51. The van der Waals surface area contributed by atoms with Crippen molar-refractivity contribution in [1.29, 1.82) is 0 Å². The van der Waals surface area contributed by atoms with Crippen molar-refractivity contribution in [3.63, 3.8) is 0 Å². The van der Waals surface area contributed by atoms with E-state index in [1.165, 1.54) is 0 Å². The number of hydrogen-bond donors (Lipinski definition) is 1. The monoisotopic (exact) mass is 346 g/mol. The summed E-state index contributed by atoms with van der Waals surface area (Å²) in [5.74, 6) is 1.45. The molecule has 1 aromatic carbocycles. The summed E-state index contributed by atoms with van der Waals surface area (Å²) in [7, 11) is 0. The standard InChI is InChI=1S/C20H23ClO3/c1-2-13(10-11-21)17-12-16(22)19(20(23)24-17)18(15-8-9-15)14-6-4-3-5-7-14/h3-7,12-13,15,18,22H,2,8-11H2,1H3. The van der Waals surface area contributed by atoms with Gasteiger partial charge in [0.25, 0.3) is 0 Å². The van der Waals surface area contributed by atoms with E-state index >= 15 is 0 Å².